The van der Waals surface area contributed by atoms with Crippen molar-refractivity contribution in [1.29, 1.82) is 0 Å². The van der Waals surface area contributed by atoms with Gasteiger partial charge in [0.1, 0.15) is 0 Å². The van der Waals surface area contributed by atoms with Crippen LogP contribution in [-0.2, 0) is 4.74 Å². The molecule has 1 aliphatic rings. The topological polar surface area (TPSA) is 52.9 Å². The number of aliphatic hydroxyl groups is 2. The first-order valence-corrected chi connectivity index (χ1v) is 5.71. The Hall–Kier alpha value is -0.160. The van der Waals surface area contributed by atoms with E-state index in [1.54, 1.807) is 7.11 Å². The van der Waals surface area contributed by atoms with E-state index in [-0.39, 0.29) is 6.61 Å². The van der Waals surface area contributed by atoms with Gasteiger partial charge in [-0.25, -0.2) is 0 Å². The van der Waals surface area contributed by atoms with E-state index in [4.69, 9.17) is 9.84 Å². The van der Waals surface area contributed by atoms with Crippen LogP contribution in [0.1, 0.15) is 19.8 Å². The molecule has 2 atom stereocenters. The number of hydrogen-bond acceptors (Lipinski definition) is 4. The summed E-state index contributed by atoms with van der Waals surface area (Å²) in [6.07, 6.45) is 1.95. The van der Waals surface area contributed by atoms with Crippen LogP contribution in [0.5, 0.6) is 0 Å². The van der Waals surface area contributed by atoms with Crippen LogP contribution in [0.15, 0.2) is 0 Å². The fraction of sp³-hybridized carbons (Fsp3) is 1.00. The van der Waals surface area contributed by atoms with Crippen molar-refractivity contribution >= 4 is 0 Å². The fourth-order valence-electron chi connectivity index (χ4n) is 1.87. The quantitative estimate of drug-likeness (QED) is 0.605. The monoisotopic (exact) mass is 217 g/mol. The Morgan fingerprint density at radius 1 is 1.47 bits per heavy atom. The Morgan fingerprint density at radius 3 is 2.60 bits per heavy atom. The number of rotatable bonds is 8. The number of hydrogen-bond donors (Lipinski definition) is 2. The zero-order valence-electron chi connectivity index (χ0n) is 9.72. The van der Waals surface area contributed by atoms with Crippen molar-refractivity contribution in [2.45, 2.75) is 31.9 Å². The van der Waals surface area contributed by atoms with Gasteiger partial charge in [-0.3, -0.25) is 4.90 Å². The minimum atomic E-state index is -0.636. The Bertz CT molecular complexity index is 173. The van der Waals surface area contributed by atoms with Crippen molar-refractivity contribution in [3.63, 3.8) is 0 Å². The lowest BCUT2D eigenvalue weighted by molar-refractivity contribution is 0.0321. The summed E-state index contributed by atoms with van der Waals surface area (Å²) in [6.45, 7) is 4.07. The molecule has 0 amide bonds. The molecule has 4 heteroatoms. The minimum Gasteiger partial charge on any atom is -0.394 e. The predicted molar refractivity (Wildman–Crippen MR) is 58.7 cm³/mol. The van der Waals surface area contributed by atoms with E-state index in [9.17, 15) is 5.11 Å². The first-order valence-electron chi connectivity index (χ1n) is 5.71. The van der Waals surface area contributed by atoms with Crippen molar-refractivity contribution in [2.24, 2.45) is 5.92 Å². The average molecular weight is 217 g/mol. The lowest BCUT2D eigenvalue weighted by atomic mass is 10.1. The van der Waals surface area contributed by atoms with E-state index in [2.05, 4.69) is 11.8 Å². The minimum absolute atomic E-state index is 0.166. The first-order chi connectivity index (χ1) is 7.19. The molecule has 0 bridgehead atoms. The normalized spacial score (nSPS) is 20.6. The summed E-state index contributed by atoms with van der Waals surface area (Å²) in [5, 5.41) is 18.3. The van der Waals surface area contributed by atoms with Gasteiger partial charge in [0.05, 0.1) is 19.3 Å². The molecule has 2 unspecified atom stereocenters. The van der Waals surface area contributed by atoms with Crippen LogP contribution in [0.4, 0.5) is 0 Å². The largest absolute Gasteiger partial charge is 0.394 e. The third-order valence-electron chi connectivity index (χ3n) is 3.12. The second-order valence-electron chi connectivity index (χ2n) is 4.40. The highest BCUT2D eigenvalue weighted by Gasteiger charge is 2.32. The zero-order chi connectivity index (χ0) is 11.3. The molecular weight excluding hydrogens is 194 g/mol. The number of aliphatic hydroxyl groups excluding tert-OH is 2. The molecule has 0 aromatic rings. The number of methoxy groups -OCH3 is 1. The third-order valence-corrected chi connectivity index (χ3v) is 3.12. The fourth-order valence-corrected chi connectivity index (χ4v) is 1.87. The highest BCUT2D eigenvalue weighted by Crippen LogP contribution is 2.35. The van der Waals surface area contributed by atoms with Gasteiger partial charge in [0.15, 0.2) is 0 Å². The lowest BCUT2D eigenvalue weighted by Crippen LogP contribution is -2.43. The Kier molecular flexibility index (Phi) is 5.53. The smallest absolute Gasteiger partial charge is 0.0897 e. The van der Waals surface area contributed by atoms with Crippen LogP contribution < -0.4 is 0 Å². The maximum atomic E-state index is 9.45. The van der Waals surface area contributed by atoms with E-state index in [1.165, 1.54) is 12.8 Å². The van der Waals surface area contributed by atoms with Crippen LogP contribution >= 0.6 is 0 Å². The predicted octanol–water partition coefficient (Wildman–Crippen LogP) is 0.0865. The Labute approximate surface area is 91.8 Å². The van der Waals surface area contributed by atoms with Crippen LogP contribution in [0.25, 0.3) is 0 Å². The van der Waals surface area contributed by atoms with E-state index in [0.29, 0.717) is 19.2 Å². The van der Waals surface area contributed by atoms with Crippen molar-refractivity contribution in [3.05, 3.63) is 0 Å². The molecule has 1 fully saturated rings. The molecule has 1 saturated carbocycles. The summed E-state index contributed by atoms with van der Waals surface area (Å²) in [5.74, 6) is 0.771. The average Bonchev–Trinajstić information content (AvgIpc) is 3.06. The highest BCUT2D eigenvalue weighted by molar-refractivity contribution is 4.86. The van der Waals surface area contributed by atoms with E-state index in [1.807, 2.05) is 0 Å². The summed E-state index contributed by atoms with van der Waals surface area (Å²) in [6, 6.07) is 0.487. The molecule has 0 radical (unpaired) electrons. The number of ether oxygens (including phenoxy) is 1. The molecule has 0 aromatic heterocycles. The summed E-state index contributed by atoms with van der Waals surface area (Å²) in [4.78, 5) is 2.21. The maximum absolute atomic E-state index is 9.45. The Morgan fingerprint density at radius 2 is 2.13 bits per heavy atom. The van der Waals surface area contributed by atoms with E-state index < -0.39 is 6.10 Å². The van der Waals surface area contributed by atoms with Gasteiger partial charge >= 0.3 is 0 Å². The van der Waals surface area contributed by atoms with Crippen molar-refractivity contribution < 1.29 is 14.9 Å². The van der Waals surface area contributed by atoms with Crippen LogP contribution in [0.2, 0.25) is 0 Å². The highest BCUT2D eigenvalue weighted by atomic mass is 16.5. The number of nitrogens with zero attached hydrogens (tertiary/aromatic N) is 1. The SMILES string of the molecule is COCCN(CC(O)CO)C(C)C1CC1. The van der Waals surface area contributed by atoms with Crippen LogP contribution in [0, 0.1) is 5.92 Å². The molecular formula is C11H23NO3. The van der Waals surface area contributed by atoms with Gasteiger partial charge in [0.2, 0.25) is 0 Å². The molecule has 0 heterocycles. The molecule has 90 valence electrons. The van der Waals surface area contributed by atoms with Crippen molar-refractivity contribution in [1.82, 2.24) is 4.90 Å². The van der Waals surface area contributed by atoms with Gasteiger partial charge in [-0.15, -0.1) is 0 Å². The molecule has 4 nitrogen and oxygen atoms in total. The van der Waals surface area contributed by atoms with Crippen LogP contribution in [-0.4, -0.2) is 60.7 Å². The molecule has 0 aromatic carbocycles. The van der Waals surface area contributed by atoms with Crippen molar-refractivity contribution in [2.75, 3.05) is 33.4 Å². The first kappa shape index (κ1) is 12.9. The second-order valence-corrected chi connectivity index (χ2v) is 4.40. The standard InChI is InChI=1S/C11H23NO3/c1-9(10-3-4-10)12(5-6-15-2)7-11(14)8-13/h9-11,13-14H,3-8H2,1-2H3. The maximum Gasteiger partial charge on any atom is 0.0897 e. The van der Waals surface area contributed by atoms with E-state index >= 15 is 0 Å². The van der Waals surface area contributed by atoms with Gasteiger partial charge in [-0.2, -0.15) is 0 Å². The van der Waals surface area contributed by atoms with E-state index in [0.717, 1.165) is 12.5 Å². The molecule has 0 saturated heterocycles. The summed E-state index contributed by atoms with van der Waals surface area (Å²) in [7, 11) is 1.68. The second kappa shape index (κ2) is 6.43. The lowest BCUT2D eigenvalue weighted by Gasteiger charge is -2.30. The van der Waals surface area contributed by atoms with Crippen LogP contribution in [0.3, 0.4) is 0 Å². The van der Waals surface area contributed by atoms with Gasteiger partial charge < -0.3 is 14.9 Å². The molecule has 1 aliphatic carbocycles. The zero-order valence-corrected chi connectivity index (χ0v) is 9.72. The third kappa shape index (κ3) is 4.47. The van der Waals surface area contributed by atoms with Gasteiger partial charge in [0.25, 0.3) is 0 Å². The van der Waals surface area contributed by atoms with Gasteiger partial charge in [-0.05, 0) is 25.7 Å². The summed E-state index contributed by atoms with van der Waals surface area (Å²) < 4.78 is 5.05. The Balaban J connectivity index is 2.36. The molecule has 15 heavy (non-hydrogen) atoms. The molecule has 0 spiro atoms. The molecule has 0 aliphatic heterocycles. The van der Waals surface area contributed by atoms with Crippen molar-refractivity contribution in [3.8, 4) is 0 Å². The summed E-state index contributed by atoms with van der Waals surface area (Å²) >= 11 is 0. The molecule has 2 N–H and O–H groups in total. The molecule has 1 rings (SSSR count). The van der Waals surface area contributed by atoms with Gasteiger partial charge in [0, 0.05) is 26.2 Å². The summed E-state index contributed by atoms with van der Waals surface area (Å²) in [5.41, 5.74) is 0. The van der Waals surface area contributed by atoms with Gasteiger partial charge in [-0.1, -0.05) is 0 Å².